The summed E-state index contributed by atoms with van der Waals surface area (Å²) in [6.07, 6.45) is 6.20. The highest BCUT2D eigenvalue weighted by molar-refractivity contribution is 5.94. The zero-order valence-corrected chi connectivity index (χ0v) is 14.9. The van der Waals surface area contributed by atoms with Crippen molar-refractivity contribution in [1.82, 2.24) is 0 Å². The van der Waals surface area contributed by atoms with E-state index in [1.165, 1.54) is 13.2 Å². The molecule has 1 aromatic carbocycles. The Morgan fingerprint density at radius 2 is 2.32 bits per heavy atom. The number of fused-ring (bicyclic) bond motifs is 1. The first-order valence-corrected chi connectivity index (χ1v) is 8.82. The number of hydrogen-bond donors (Lipinski definition) is 0. The lowest BCUT2D eigenvalue weighted by atomic mass is 9.68. The zero-order chi connectivity index (χ0) is 18.0. The summed E-state index contributed by atoms with van der Waals surface area (Å²) in [5, 5.41) is 0. The van der Waals surface area contributed by atoms with Gasteiger partial charge in [0.05, 0.1) is 19.3 Å². The Balaban J connectivity index is 1.86. The lowest BCUT2D eigenvalue weighted by molar-refractivity contribution is -0.123. The van der Waals surface area contributed by atoms with Gasteiger partial charge < -0.3 is 9.47 Å². The molecule has 1 aliphatic heterocycles. The quantitative estimate of drug-likeness (QED) is 0.723. The fourth-order valence-corrected chi connectivity index (χ4v) is 4.16. The third kappa shape index (κ3) is 3.28. The van der Waals surface area contributed by atoms with Crippen LogP contribution in [0.2, 0.25) is 0 Å². The summed E-state index contributed by atoms with van der Waals surface area (Å²) in [5.41, 5.74) is 1.25. The molecule has 3 atom stereocenters. The molecule has 0 amide bonds. The van der Waals surface area contributed by atoms with Crippen LogP contribution in [0.3, 0.4) is 0 Å². The molecule has 1 unspecified atom stereocenters. The molecule has 1 aromatic rings. The zero-order valence-electron chi connectivity index (χ0n) is 14.9. The predicted octanol–water partition coefficient (Wildman–Crippen LogP) is 4.26. The molecular formula is C21H25FO3. The maximum absolute atomic E-state index is 14.4. The van der Waals surface area contributed by atoms with Gasteiger partial charge in [0.2, 0.25) is 0 Å². The number of ether oxygens (including phenoxy) is 2. The van der Waals surface area contributed by atoms with Crippen molar-refractivity contribution in [2.45, 2.75) is 38.2 Å². The minimum Gasteiger partial charge on any atom is -0.497 e. The molecule has 1 aliphatic carbocycles. The van der Waals surface area contributed by atoms with Gasteiger partial charge in [-0.1, -0.05) is 19.1 Å². The van der Waals surface area contributed by atoms with Crippen LogP contribution < -0.4 is 4.74 Å². The summed E-state index contributed by atoms with van der Waals surface area (Å²) in [6.45, 7) is 6.47. The fourth-order valence-electron chi connectivity index (χ4n) is 4.16. The molecule has 3 nitrogen and oxygen atoms in total. The van der Waals surface area contributed by atoms with Crippen LogP contribution in [0.1, 0.15) is 31.7 Å². The molecule has 0 spiro atoms. The summed E-state index contributed by atoms with van der Waals surface area (Å²) in [5.74, 6) is 0.394. The van der Waals surface area contributed by atoms with Crippen LogP contribution in [0.25, 0.3) is 0 Å². The monoisotopic (exact) mass is 344 g/mol. The average molecular weight is 344 g/mol. The Morgan fingerprint density at radius 3 is 3.00 bits per heavy atom. The van der Waals surface area contributed by atoms with E-state index in [-0.39, 0.29) is 23.4 Å². The van der Waals surface area contributed by atoms with E-state index in [1.54, 1.807) is 24.3 Å². The van der Waals surface area contributed by atoms with E-state index in [2.05, 4.69) is 13.5 Å². The molecule has 3 rings (SSSR count). The SMILES string of the molecule is C=CC[C@@H]1C[C@@]2(C(C)Cc3ccc(OC)cc3F)OCCC2=CC1=O. The largest absolute Gasteiger partial charge is 0.497 e. The summed E-state index contributed by atoms with van der Waals surface area (Å²) in [7, 11) is 1.53. The highest BCUT2D eigenvalue weighted by Crippen LogP contribution is 2.47. The summed E-state index contributed by atoms with van der Waals surface area (Å²) in [6, 6.07) is 4.96. The van der Waals surface area contributed by atoms with E-state index in [0.717, 1.165) is 12.0 Å². The molecule has 1 heterocycles. The Morgan fingerprint density at radius 1 is 1.52 bits per heavy atom. The van der Waals surface area contributed by atoms with Crippen LogP contribution in [0.4, 0.5) is 4.39 Å². The molecule has 1 fully saturated rings. The Labute approximate surface area is 148 Å². The first kappa shape index (κ1) is 17.9. The topological polar surface area (TPSA) is 35.5 Å². The molecule has 134 valence electrons. The van der Waals surface area contributed by atoms with Gasteiger partial charge in [0.15, 0.2) is 5.78 Å². The Kier molecular flexibility index (Phi) is 5.09. The second kappa shape index (κ2) is 7.12. The van der Waals surface area contributed by atoms with E-state index in [1.807, 2.05) is 0 Å². The molecule has 0 radical (unpaired) electrons. The summed E-state index contributed by atoms with van der Waals surface area (Å²) < 4.78 is 25.6. The minimum absolute atomic E-state index is 0.0737. The fraction of sp³-hybridized carbons (Fsp3) is 0.476. The molecule has 2 aliphatic rings. The van der Waals surface area contributed by atoms with Crippen LogP contribution >= 0.6 is 0 Å². The molecule has 0 N–H and O–H groups in total. The number of halogens is 1. The summed E-state index contributed by atoms with van der Waals surface area (Å²) in [4.78, 5) is 12.3. The van der Waals surface area contributed by atoms with E-state index in [0.29, 0.717) is 37.2 Å². The van der Waals surface area contributed by atoms with E-state index < -0.39 is 5.60 Å². The van der Waals surface area contributed by atoms with Gasteiger partial charge in [-0.15, -0.1) is 6.58 Å². The van der Waals surface area contributed by atoms with Gasteiger partial charge in [0.1, 0.15) is 11.6 Å². The first-order chi connectivity index (χ1) is 12.0. The third-order valence-electron chi connectivity index (χ3n) is 5.58. The lowest BCUT2D eigenvalue weighted by Gasteiger charge is -2.41. The molecule has 0 saturated carbocycles. The van der Waals surface area contributed by atoms with Gasteiger partial charge >= 0.3 is 0 Å². The minimum atomic E-state index is -0.464. The second-order valence-electron chi connectivity index (χ2n) is 7.05. The average Bonchev–Trinajstić information content (AvgIpc) is 3.01. The highest BCUT2D eigenvalue weighted by Gasteiger charge is 2.49. The predicted molar refractivity (Wildman–Crippen MR) is 95.1 cm³/mol. The summed E-state index contributed by atoms with van der Waals surface area (Å²) >= 11 is 0. The van der Waals surface area contributed by atoms with Crippen molar-refractivity contribution in [2.75, 3.05) is 13.7 Å². The number of ketones is 1. The molecule has 1 saturated heterocycles. The molecule has 0 bridgehead atoms. The number of methoxy groups -OCH3 is 1. The standard InChI is InChI=1S/C21H25FO3/c1-4-5-16-13-21(17(8-9-25-21)11-20(16)23)14(2)10-15-6-7-18(24-3)12-19(15)22/h4,6-7,11-12,14,16H,1,5,8-10,13H2,2-3H3/t14?,16-,21+/m1/s1. The molecule has 0 aromatic heterocycles. The van der Waals surface area contributed by atoms with E-state index in [9.17, 15) is 9.18 Å². The lowest BCUT2D eigenvalue weighted by Crippen LogP contribution is -2.44. The van der Waals surface area contributed by atoms with Crippen LogP contribution in [0, 0.1) is 17.7 Å². The molecule has 4 heteroatoms. The Hall–Kier alpha value is -1.94. The van der Waals surface area contributed by atoms with Gasteiger partial charge in [-0.3, -0.25) is 4.79 Å². The number of carbonyl (C=O) groups excluding carboxylic acids is 1. The van der Waals surface area contributed by atoms with E-state index in [4.69, 9.17) is 9.47 Å². The highest BCUT2D eigenvalue weighted by atomic mass is 19.1. The van der Waals surface area contributed by atoms with Crippen molar-refractivity contribution in [3.63, 3.8) is 0 Å². The van der Waals surface area contributed by atoms with Crippen molar-refractivity contribution >= 4 is 5.78 Å². The molecular weight excluding hydrogens is 319 g/mol. The van der Waals surface area contributed by atoms with Crippen LogP contribution in [0.15, 0.2) is 42.5 Å². The number of hydrogen-bond acceptors (Lipinski definition) is 3. The maximum Gasteiger partial charge on any atom is 0.159 e. The van der Waals surface area contributed by atoms with Crippen molar-refractivity contribution < 1.29 is 18.7 Å². The first-order valence-electron chi connectivity index (χ1n) is 8.82. The van der Waals surface area contributed by atoms with E-state index >= 15 is 0 Å². The second-order valence-corrected chi connectivity index (χ2v) is 7.05. The van der Waals surface area contributed by atoms with Crippen LogP contribution in [-0.4, -0.2) is 25.1 Å². The smallest absolute Gasteiger partial charge is 0.159 e. The maximum atomic E-state index is 14.4. The van der Waals surface area contributed by atoms with Gasteiger partial charge in [-0.25, -0.2) is 4.39 Å². The normalized spacial score (nSPS) is 26.8. The number of allylic oxidation sites excluding steroid dienone is 2. The van der Waals surface area contributed by atoms with Crippen molar-refractivity contribution in [2.24, 2.45) is 11.8 Å². The molecule has 25 heavy (non-hydrogen) atoms. The number of carbonyl (C=O) groups is 1. The van der Waals surface area contributed by atoms with Crippen molar-refractivity contribution in [3.8, 4) is 5.75 Å². The third-order valence-corrected chi connectivity index (χ3v) is 5.58. The van der Waals surface area contributed by atoms with Crippen molar-refractivity contribution in [1.29, 1.82) is 0 Å². The number of rotatable bonds is 6. The van der Waals surface area contributed by atoms with Crippen LogP contribution in [-0.2, 0) is 16.0 Å². The Bertz CT molecular complexity index is 709. The van der Waals surface area contributed by atoms with Gasteiger partial charge in [0, 0.05) is 12.0 Å². The number of benzene rings is 1. The van der Waals surface area contributed by atoms with Crippen LogP contribution in [0.5, 0.6) is 5.75 Å². The van der Waals surface area contributed by atoms with Gasteiger partial charge in [-0.2, -0.15) is 0 Å². The van der Waals surface area contributed by atoms with Gasteiger partial charge in [-0.05, 0) is 54.9 Å². The van der Waals surface area contributed by atoms with Crippen molar-refractivity contribution in [3.05, 3.63) is 53.9 Å². The van der Waals surface area contributed by atoms with Gasteiger partial charge in [0.25, 0.3) is 0 Å².